The molecule has 0 saturated heterocycles. The lowest BCUT2D eigenvalue weighted by molar-refractivity contribution is 0.445. The van der Waals surface area contributed by atoms with Crippen LogP contribution in [-0.2, 0) is 6.54 Å². The standard InChI is InChI=1S/C20H15Cl2N3O2/c1-12-8-9-26-18(12)11-23-19-14-4-2-3-5-16(14)24-20(25-19)27-17-7-6-13(21)10-15(17)22/h2-10H,11H2,1H3,(H,23,24,25). The average molecular weight is 400 g/mol. The number of rotatable bonds is 5. The first kappa shape index (κ1) is 17.6. The molecule has 1 N–H and O–H groups in total. The van der Waals surface area contributed by atoms with E-state index in [4.69, 9.17) is 32.4 Å². The van der Waals surface area contributed by atoms with Gasteiger partial charge in [0, 0.05) is 10.4 Å². The van der Waals surface area contributed by atoms with Crippen LogP contribution in [0.3, 0.4) is 0 Å². The molecule has 2 aromatic heterocycles. The van der Waals surface area contributed by atoms with Gasteiger partial charge in [-0.05, 0) is 48.9 Å². The molecule has 0 saturated carbocycles. The normalized spacial score (nSPS) is 10.9. The lowest BCUT2D eigenvalue weighted by Crippen LogP contribution is -2.04. The molecule has 0 spiro atoms. The van der Waals surface area contributed by atoms with E-state index >= 15 is 0 Å². The average Bonchev–Trinajstić information content (AvgIpc) is 3.07. The number of aromatic nitrogens is 2. The summed E-state index contributed by atoms with van der Waals surface area (Å²) in [6.45, 7) is 2.50. The molecule has 0 bridgehead atoms. The van der Waals surface area contributed by atoms with Crippen molar-refractivity contribution >= 4 is 39.9 Å². The summed E-state index contributed by atoms with van der Waals surface area (Å²) in [7, 11) is 0. The van der Waals surface area contributed by atoms with E-state index in [2.05, 4.69) is 15.3 Å². The maximum Gasteiger partial charge on any atom is 0.324 e. The van der Waals surface area contributed by atoms with Crippen LogP contribution in [0.2, 0.25) is 10.0 Å². The molecule has 0 unspecified atom stereocenters. The fraction of sp³-hybridized carbons (Fsp3) is 0.100. The minimum absolute atomic E-state index is 0.191. The van der Waals surface area contributed by atoms with Gasteiger partial charge in [-0.2, -0.15) is 9.97 Å². The molecule has 2 aromatic carbocycles. The van der Waals surface area contributed by atoms with E-state index in [0.717, 1.165) is 22.2 Å². The van der Waals surface area contributed by atoms with Gasteiger partial charge < -0.3 is 14.5 Å². The number of para-hydroxylation sites is 1. The van der Waals surface area contributed by atoms with Crippen LogP contribution in [0.4, 0.5) is 5.82 Å². The Balaban J connectivity index is 1.68. The maximum atomic E-state index is 6.19. The van der Waals surface area contributed by atoms with Crippen molar-refractivity contribution in [2.75, 3.05) is 5.32 Å². The number of ether oxygens (including phenoxy) is 1. The molecule has 0 radical (unpaired) electrons. The van der Waals surface area contributed by atoms with Crippen LogP contribution in [0.5, 0.6) is 11.8 Å². The number of furan rings is 1. The highest BCUT2D eigenvalue weighted by Crippen LogP contribution is 2.32. The second kappa shape index (κ2) is 7.47. The van der Waals surface area contributed by atoms with Gasteiger partial charge in [0.1, 0.15) is 17.3 Å². The first-order valence-electron chi connectivity index (χ1n) is 8.26. The molecule has 5 nitrogen and oxygen atoms in total. The van der Waals surface area contributed by atoms with Crippen molar-refractivity contribution in [3.8, 4) is 11.8 Å². The molecule has 0 atom stereocenters. The quantitative estimate of drug-likeness (QED) is 0.430. The molecule has 0 aliphatic carbocycles. The van der Waals surface area contributed by atoms with Crippen molar-refractivity contribution in [1.82, 2.24) is 9.97 Å². The van der Waals surface area contributed by atoms with Crippen LogP contribution in [0.1, 0.15) is 11.3 Å². The molecule has 0 amide bonds. The Morgan fingerprint density at radius 1 is 1.07 bits per heavy atom. The Labute approximate surface area is 165 Å². The zero-order chi connectivity index (χ0) is 18.8. The third kappa shape index (κ3) is 3.84. The number of nitrogens with one attached hydrogen (secondary N) is 1. The first-order valence-corrected chi connectivity index (χ1v) is 9.02. The van der Waals surface area contributed by atoms with Gasteiger partial charge in [-0.3, -0.25) is 0 Å². The zero-order valence-corrected chi connectivity index (χ0v) is 15.9. The fourth-order valence-corrected chi connectivity index (χ4v) is 3.09. The second-order valence-corrected chi connectivity index (χ2v) is 6.77. The zero-order valence-electron chi connectivity index (χ0n) is 14.4. The molecule has 7 heteroatoms. The van der Waals surface area contributed by atoms with Crippen molar-refractivity contribution in [3.63, 3.8) is 0 Å². The van der Waals surface area contributed by atoms with Gasteiger partial charge in [0.15, 0.2) is 0 Å². The molecule has 136 valence electrons. The third-order valence-corrected chi connectivity index (χ3v) is 4.59. The Morgan fingerprint density at radius 3 is 2.70 bits per heavy atom. The summed E-state index contributed by atoms with van der Waals surface area (Å²) in [5.41, 5.74) is 1.83. The Morgan fingerprint density at radius 2 is 1.93 bits per heavy atom. The topological polar surface area (TPSA) is 60.2 Å². The monoisotopic (exact) mass is 399 g/mol. The van der Waals surface area contributed by atoms with Crippen molar-refractivity contribution in [3.05, 3.63) is 76.2 Å². The molecular weight excluding hydrogens is 385 g/mol. The van der Waals surface area contributed by atoms with E-state index in [1.165, 1.54) is 0 Å². The summed E-state index contributed by atoms with van der Waals surface area (Å²) in [5, 5.41) is 5.11. The SMILES string of the molecule is Cc1ccoc1CNc1nc(Oc2ccc(Cl)cc2Cl)nc2ccccc12. The highest BCUT2D eigenvalue weighted by atomic mass is 35.5. The fourth-order valence-electron chi connectivity index (χ4n) is 2.64. The largest absolute Gasteiger partial charge is 0.467 e. The minimum Gasteiger partial charge on any atom is -0.467 e. The van der Waals surface area contributed by atoms with Crippen LogP contribution >= 0.6 is 23.2 Å². The summed E-state index contributed by atoms with van der Waals surface area (Å²) in [6.07, 6.45) is 1.67. The maximum absolute atomic E-state index is 6.19. The molecule has 0 aliphatic rings. The highest BCUT2D eigenvalue weighted by molar-refractivity contribution is 6.35. The first-order chi connectivity index (χ1) is 13.1. The van der Waals surface area contributed by atoms with Crippen LogP contribution in [-0.4, -0.2) is 9.97 Å². The van der Waals surface area contributed by atoms with Gasteiger partial charge in [0.25, 0.3) is 0 Å². The Bertz CT molecular complexity index is 1110. The van der Waals surface area contributed by atoms with Crippen LogP contribution < -0.4 is 10.1 Å². The number of hydrogen-bond acceptors (Lipinski definition) is 5. The minimum atomic E-state index is 0.191. The number of anilines is 1. The van der Waals surface area contributed by atoms with Crippen LogP contribution in [0.15, 0.2) is 59.2 Å². The predicted octanol–water partition coefficient (Wildman–Crippen LogP) is 6.24. The van der Waals surface area contributed by atoms with Crippen LogP contribution in [0.25, 0.3) is 10.9 Å². The van der Waals surface area contributed by atoms with Crippen molar-refractivity contribution in [1.29, 1.82) is 0 Å². The second-order valence-electron chi connectivity index (χ2n) is 5.93. The number of halogens is 2. The van der Waals surface area contributed by atoms with E-state index in [1.54, 1.807) is 24.5 Å². The molecular formula is C20H15Cl2N3O2. The number of benzene rings is 2. The van der Waals surface area contributed by atoms with E-state index < -0.39 is 0 Å². The Kier molecular flexibility index (Phi) is 4.88. The van der Waals surface area contributed by atoms with Gasteiger partial charge in [-0.25, -0.2) is 0 Å². The van der Waals surface area contributed by atoms with E-state index in [9.17, 15) is 0 Å². The number of aryl methyl sites for hydroxylation is 1. The van der Waals surface area contributed by atoms with Crippen molar-refractivity contribution in [2.45, 2.75) is 13.5 Å². The van der Waals surface area contributed by atoms with Crippen molar-refractivity contribution < 1.29 is 9.15 Å². The number of fused-ring (bicyclic) bond motifs is 1. The van der Waals surface area contributed by atoms with E-state index in [-0.39, 0.29) is 6.01 Å². The van der Waals surface area contributed by atoms with Gasteiger partial charge in [-0.1, -0.05) is 35.3 Å². The number of hydrogen-bond donors (Lipinski definition) is 1. The molecule has 27 heavy (non-hydrogen) atoms. The molecule has 2 heterocycles. The van der Waals surface area contributed by atoms with Gasteiger partial charge in [-0.15, -0.1) is 0 Å². The van der Waals surface area contributed by atoms with Gasteiger partial charge in [0.2, 0.25) is 0 Å². The molecule has 4 aromatic rings. The lowest BCUT2D eigenvalue weighted by Gasteiger charge is -2.11. The van der Waals surface area contributed by atoms with Gasteiger partial charge >= 0.3 is 6.01 Å². The molecule has 0 aliphatic heterocycles. The van der Waals surface area contributed by atoms with E-state index in [0.29, 0.717) is 28.2 Å². The summed E-state index contributed by atoms with van der Waals surface area (Å²) < 4.78 is 11.3. The third-order valence-electron chi connectivity index (χ3n) is 4.06. The Hall–Kier alpha value is -2.76. The van der Waals surface area contributed by atoms with Crippen molar-refractivity contribution in [2.24, 2.45) is 0 Å². The summed E-state index contributed by atoms with van der Waals surface area (Å²) in [5.74, 6) is 1.93. The van der Waals surface area contributed by atoms with Crippen LogP contribution in [0, 0.1) is 6.92 Å². The predicted molar refractivity (Wildman–Crippen MR) is 107 cm³/mol. The summed E-state index contributed by atoms with van der Waals surface area (Å²) in [4.78, 5) is 8.98. The number of nitrogens with zero attached hydrogens (tertiary/aromatic N) is 2. The lowest BCUT2D eigenvalue weighted by atomic mass is 10.2. The molecule has 4 rings (SSSR count). The highest BCUT2D eigenvalue weighted by Gasteiger charge is 2.12. The van der Waals surface area contributed by atoms with E-state index in [1.807, 2.05) is 37.3 Å². The summed E-state index contributed by atoms with van der Waals surface area (Å²) >= 11 is 12.1. The molecule has 0 fully saturated rings. The van der Waals surface area contributed by atoms with Gasteiger partial charge in [0.05, 0.1) is 23.3 Å². The smallest absolute Gasteiger partial charge is 0.324 e. The summed E-state index contributed by atoms with van der Waals surface area (Å²) in [6, 6.07) is 14.8.